The first-order chi connectivity index (χ1) is 15.2. The molecule has 154 valence electrons. The Labute approximate surface area is 184 Å². The molecule has 1 heterocycles. The quantitative estimate of drug-likeness (QED) is 0.368. The Morgan fingerprint density at radius 2 is 1.39 bits per heavy atom. The van der Waals surface area contributed by atoms with E-state index < -0.39 is 0 Å². The van der Waals surface area contributed by atoms with Gasteiger partial charge in [-0.3, -0.25) is 0 Å². The van der Waals surface area contributed by atoms with Gasteiger partial charge in [-0.2, -0.15) is 0 Å². The van der Waals surface area contributed by atoms with E-state index in [0.29, 0.717) is 6.54 Å². The zero-order valence-corrected chi connectivity index (χ0v) is 17.8. The van der Waals surface area contributed by atoms with Gasteiger partial charge in [0.05, 0.1) is 5.69 Å². The number of benzene rings is 3. The lowest BCUT2D eigenvalue weighted by molar-refractivity contribution is 0.913. The van der Waals surface area contributed by atoms with Crippen molar-refractivity contribution in [2.75, 3.05) is 17.3 Å². The van der Waals surface area contributed by atoms with Crippen LogP contribution in [0.25, 0.3) is 5.57 Å². The summed E-state index contributed by atoms with van der Waals surface area (Å²) in [6, 6.07) is 33.2. The number of nitrogens with one attached hydrogen (secondary N) is 1. The second kappa shape index (κ2) is 9.77. The summed E-state index contributed by atoms with van der Waals surface area (Å²) in [7, 11) is 2.11. The van der Waals surface area contributed by atoms with Gasteiger partial charge in [-0.25, -0.2) is 4.98 Å². The summed E-state index contributed by atoms with van der Waals surface area (Å²) in [5, 5.41) is 3.55. The minimum Gasteiger partial charge on any atom is -0.367 e. The van der Waals surface area contributed by atoms with Gasteiger partial charge in [-0.15, -0.1) is 0 Å². The number of rotatable bonds is 8. The van der Waals surface area contributed by atoms with E-state index in [1.165, 1.54) is 11.1 Å². The maximum atomic E-state index is 4.70. The molecule has 0 radical (unpaired) electrons. The standard InChI is InChI=1S/C28H27N3/c1-22(25-16-10-5-11-17-25)26-18-19-29-28(30-20-23-12-6-3-7-13-23)27(26)31(2)21-24-14-8-4-9-15-24/h3-19H,1,20-21H2,2H3,(H,29,30). The molecule has 0 spiro atoms. The lowest BCUT2D eigenvalue weighted by Crippen LogP contribution is -2.20. The minimum absolute atomic E-state index is 0.710. The zero-order chi connectivity index (χ0) is 21.5. The molecule has 3 heteroatoms. The summed E-state index contributed by atoms with van der Waals surface area (Å²) < 4.78 is 0. The van der Waals surface area contributed by atoms with Gasteiger partial charge in [0.1, 0.15) is 5.82 Å². The lowest BCUT2D eigenvalue weighted by atomic mass is 9.98. The summed E-state index contributed by atoms with van der Waals surface area (Å²) >= 11 is 0. The molecule has 1 aromatic heterocycles. The highest BCUT2D eigenvalue weighted by Crippen LogP contribution is 2.35. The van der Waals surface area contributed by atoms with Crippen LogP contribution in [-0.2, 0) is 13.1 Å². The van der Waals surface area contributed by atoms with Gasteiger partial charge in [0.25, 0.3) is 0 Å². The summed E-state index contributed by atoms with van der Waals surface area (Å²) in [5.41, 5.74) is 6.69. The smallest absolute Gasteiger partial charge is 0.150 e. The molecule has 0 aliphatic carbocycles. The predicted molar refractivity (Wildman–Crippen MR) is 131 cm³/mol. The van der Waals surface area contributed by atoms with Crippen molar-refractivity contribution in [2.24, 2.45) is 0 Å². The second-order valence-electron chi connectivity index (χ2n) is 7.58. The Hall–Kier alpha value is -3.85. The largest absolute Gasteiger partial charge is 0.367 e. The van der Waals surface area contributed by atoms with Gasteiger partial charge in [-0.1, -0.05) is 97.6 Å². The summed E-state index contributed by atoms with van der Waals surface area (Å²) in [6.45, 7) is 5.91. The van der Waals surface area contributed by atoms with E-state index in [4.69, 9.17) is 4.98 Å². The average molecular weight is 406 g/mol. The van der Waals surface area contributed by atoms with Gasteiger partial charge < -0.3 is 10.2 Å². The van der Waals surface area contributed by atoms with Crippen LogP contribution < -0.4 is 10.2 Å². The number of nitrogens with zero attached hydrogens (tertiary/aromatic N) is 2. The van der Waals surface area contributed by atoms with Crippen molar-refractivity contribution in [3.05, 3.63) is 132 Å². The molecule has 4 aromatic rings. The van der Waals surface area contributed by atoms with Gasteiger partial charge in [0, 0.05) is 31.9 Å². The van der Waals surface area contributed by atoms with Crippen LogP contribution in [-0.4, -0.2) is 12.0 Å². The van der Waals surface area contributed by atoms with E-state index in [-0.39, 0.29) is 0 Å². The van der Waals surface area contributed by atoms with Gasteiger partial charge in [0.15, 0.2) is 0 Å². The minimum atomic E-state index is 0.710. The van der Waals surface area contributed by atoms with Crippen LogP contribution in [0, 0.1) is 0 Å². The highest BCUT2D eigenvalue weighted by molar-refractivity contribution is 5.89. The van der Waals surface area contributed by atoms with E-state index >= 15 is 0 Å². The van der Waals surface area contributed by atoms with Crippen LogP contribution in [0.15, 0.2) is 110 Å². The van der Waals surface area contributed by atoms with Crippen LogP contribution in [0.5, 0.6) is 0 Å². The number of hydrogen-bond donors (Lipinski definition) is 1. The predicted octanol–water partition coefficient (Wildman–Crippen LogP) is 6.39. The molecule has 3 aromatic carbocycles. The Bertz CT molecular complexity index is 1120. The third kappa shape index (κ3) is 5.01. The zero-order valence-electron chi connectivity index (χ0n) is 17.8. The molecule has 1 N–H and O–H groups in total. The van der Waals surface area contributed by atoms with Crippen molar-refractivity contribution < 1.29 is 0 Å². The van der Waals surface area contributed by atoms with Crippen LogP contribution in [0.1, 0.15) is 22.3 Å². The third-order valence-corrected chi connectivity index (χ3v) is 5.32. The first-order valence-electron chi connectivity index (χ1n) is 10.5. The van der Waals surface area contributed by atoms with Crippen molar-refractivity contribution in [1.29, 1.82) is 0 Å². The Morgan fingerprint density at radius 1 is 0.806 bits per heavy atom. The highest BCUT2D eigenvalue weighted by Gasteiger charge is 2.17. The van der Waals surface area contributed by atoms with Gasteiger partial charge in [0.2, 0.25) is 0 Å². The normalized spacial score (nSPS) is 10.5. The topological polar surface area (TPSA) is 28.2 Å². The first kappa shape index (κ1) is 20.4. The van der Waals surface area contributed by atoms with Crippen LogP contribution >= 0.6 is 0 Å². The summed E-state index contributed by atoms with van der Waals surface area (Å²) in [4.78, 5) is 6.95. The van der Waals surface area contributed by atoms with E-state index in [9.17, 15) is 0 Å². The van der Waals surface area contributed by atoms with Crippen LogP contribution in [0.4, 0.5) is 11.5 Å². The van der Waals surface area contributed by atoms with Crippen molar-refractivity contribution in [1.82, 2.24) is 4.98 Å². The van der Waals surface area contributed by atoms with Crippen molar-refractivity contribution in [2.45, 2.75) is 13.1 Å². The molecule has 3 nitrogen and oxygen atoms in total. The fourth-order valence-electron chi connectivity index (χ4n) is 3.73. The molecule has 0 aliphatic heterocycles. The van der Waals surface area contributed by atoms with E-state index in [0.717, 1.165) is 34.8 Å². The number of anilines is 2. The van der Waals surface area contributed by atoms with E-state index in [1.807, 2.05) is 36.5 Å². The van der Waals surface area contributed by atoms with Gasteiger partial charge in [-0.05, 0) is 28.3 Å². The number of pyridine rings is 1. The average Bonchev–Trinajstić information content (AvgIpc) is 2.84. The van der Waals surface area contributed by atoms with E-state index in [1.54, 1.807) is 0 Å². The fourth-order valence-corrected chi connectivity index (χ4v) is 3.73. The Balaban J connectivity index is 1.70. The molecule has 0 amide bonds. The van der Waals surface area contributed by atoms with Crippen LogP contribution in [0.3, 0.4) is 0 Å². The SMILES string of the molecule is C=C(c1ccccc1)c1ccnc(NCc2ccccc2)c1N(C)Cc1ccccc1. The van der Waals surface area contributed by atoms with Crippen LogP contribution in [0.2, 0.25) is 0 Å². The Kier molecular flexibility index (Phi) is 6.44. The maximum Gasteiger partial charge on any atom is 0.150 e. The maximum absolute atomic E-state index is 4.70. The first-order valence-corrected chi connectivity index (χ1v) is 10.5. The molecule has 0 bridgehead atoms. The van der Waals surface area contributed by atoms with Gasteiger partial charge >= 0.3 is 0 Å². The molecular weight excluding hydrogens is 378 g/mol. The fraction of sp³-hybridized carbons (Fsp3) is 0.107. The third-order valence-electron chi connectivity index (χ3n) is 5.32. The van der Waals surface area contributed by atoms with Crippen molar-refractivity contribution in [3.63, 3.8) is 0 Å². The molecule has 31 heavy (non-hydrogen) atoms. The molecule has 0 aliphatic rings. The highest BCUT2D eigenvalue weighted by atomic mass is 15.1. The monoisotopic (exact) mass is 405 g/mol. The number of hydrogen-bond acceptors (Lipinski definition) is 3. The molecule has 0 fully saturated rings. The summed E-state index contributed by atoms with van der Waals surface area (Å²) in [5.74, 6) is 0.858. The van der Waals surface area contributed by atoms with Crippen molar-refractivity contribution in [3.8, 4) is 0 Å². The molecule has 0 atom stereocenters. The lowest BCUT2D eigenvalue weighted by Gasteiger charge is -2.26. The number of aromatic nitrogens is 1. The summed E-state index contributed by atoms with van der Waals surface area (Å²) in [6.07, 6.45) is 1.86. The van der Waals surface area contributed by atoms with Crippen molar-refractivity contribution >= 4 is 17.1 Å². The molecular formula is C28H27N3. The molecule has 0 unspecified atom stereocenters. The molecule has 4 rings (SSSR count). The second-order valence-corrected chi connectivity index (χ2v) is 7.58. The van der Waals surface area contributed by atoms with E-state index in [2.05, 4.69) is 90.6 Å². The Morgan fingerprint density at radius 3 is 2.03 bits per heavy atom. The molecule has 0 saturated carbocycles. The molecule has 0 saturated heterocycles.